The first-order chi connectivity index (χ1) is 12.0. The summed E-state index contributed by atoms with van der Waals surface area (Å²) in [6.45, 7) is -0.479. The van der Waals surface area contributed by atoms with Crippen LogP contribution in [0.5, 0.6) is 0 Å². The van der Waals surface area contributed by atoms with Crippen molar-refractivity contribution in [1.29, 1.82) is 0 Å². The van der Waals surface area contributed by atoms with Crippen LogP contribution in [0.3, 0.4) is 0 Å². The van der Waals surface area contributed by atoms with Crippen LogP contribution < -0.4 is 5.32 Å². The minimum absolute atomic E-state index is 0.0450. The van der Waals surface area contributed by atoms with Crippen LogP contribution in [0.1, 0.15) is 39.4 Å². The van der Waals surface area contributed by atoms with Crippen molar-refractivity contribution in [3.05, 3.63) is 50.4 Å². The number of aryl methyl sites for hydroxylation is 2. The lowest BCUT2D eigenvalue weighted by Gasteiger charge is -2.07. The van der Waals surface area contributed by atoms with Crippen molar-refractivity contribution in [2.45, 2.75) is 32.1 Å². The predicted molar refractivity (Wildman–Crippen MR) is 95.9 cm³/mol. The molecule has 0 spiro atoms. The smallest absolute Gasteiger partial charge is 0.348 e. The van der Waals surface area contributed by atoms with E-state index in [1.165, 1.54) is 40.3 Å². The molecule has 4 nitrogen and oxygen atoms in total. The first-order valence-electron chi connectivity index (χ1n) is 8.06. The highest BCUT2D eigenvalue weighted by Gasteiger charge is 2.18. The molecule has 0 saturated carbocycles. The normalized spacial score (nSPS) is 13.7. The zero-order valence-corrected chi connectivity index (χ0v) is 15.0. The summed E-state index contributed by atoms with van der Waals surface area (Å²) >= 11 is 7.20. The Morgan fingerprint density at radius 1 is 1.20 bits per heavy atom. The van der Waals surface area contributed by atoms with Crippen molar-refractivity contribution < 1.29 is 18.7 Å². The molecule has 7 heteroatoms. The maximum Gasteiger partial charge on any atom is 0.348 e. The molecule has 1 heterocycles. The van der Waals surface area contributed by atoms with Gasteiger partial charge in [0.1, 0.15) is 10.7 Å². The fourth-order valence-corrected chi connectivity index (χ4v) is 4.07. The average molecular weight is 382 g/mol. The number of carbonyl (C=O) groups is 2. The van der Waals surface area contributed by atoms with E-state index in [2.05, 4.69) is 5.32 Å². The molecule has 0 bridgehead atoms. The molecule has 0 saturated heterocycles. The molecule has 132 valence electrons. The summed E-state index contributed by atoms with van der Waals surface area (Å²) in [6, 6.07) is 5.70. The van der Waals surface area contributed by atoms with Gasteiger partial charge < -0.3 is 10.1 Å². The van der Waals surface area contributed by atoms with Gasteiger partial charge in [0, 0.05) is 9.90 Å². The van der Waals surface area contributed by atoms with Crippen LogP contribution >= 0.6 is 22.9 Å². The Labute approximate surface area is 153 Å². The van der Waals surface area contributed by atoms with Crippen molar-refractivity contribution in [1.82, 2.24) is 0 Å². The minimum atomic E-state index is -0.618. The first kappa shape index (κ1) is 17.9. The number of carbonyl (C=O) groups excluding carboxylic acids is 2. The summed E-state index contributed by atoms with van der Waals surface area (Å²) in [5.41, 5.74) is 1.16. The number of ether oxygens (including phenoxy) is 1. The lowest BCUT2D eigenvalue weighted by Crippen LogP contribution is -2.21. The molecule has 0 fully saturated rings. The fourth-order valence-electron chi connectivity index (χ4n) is 2.75. The number of thiophene rings is 1. The summed E-state index contributed by atoms with van der Waals surface area (Å²) in [6.07, 6.45) is 5.44. The topological polar surface area (TPSA) is 55.4 Å². The van der Waals surface area contributed by atoms with E-state index in [4.69, 9.17) is 16.3 Å². The molecule has 1 aliphatic rings. The fraction of sp³-hybridized carbons (Fsp3) is 0.333. The molecule has 1 N–H and O–H groups in total. The molecule has 1 amide bonds. The number of rotatable bonds is 4. The van der Waals surface area contributed by atoms with E-state index in [9.17, 15) is 14.0 Å². The van der Waals surface area contributed by atoms with E-state index >= 15 is 0 Å². The van der Waals surface area contributed by atoms with Crippen molar-refractivity contribution >= 4 is 40.5 Å². The Morgan fingerprint density at radius 3 is 2.84 bits per heavy atom. The summed E-state index contributed by atoms with van der Waals surface area (Å²) in [5.74, 6) is -1.75. The van der Waals surface area contributed by atoms with Crippen LogP contribution in [0.25, 0.3) is 0 Å². The van der Waals surface area contributed by atoms with Crippen LogP contribution in [-0.2, 0) is 22.4 Å². The van der Waals surface area contributed by atoms with E-state index in [0.29, 0.717) is 9.90 Å². The predicted octanol–water partition coefficient (Wildman–Crippen LogP) is 4.61. The molecule has 1 aromatic carbocycles. The largest absolute Gasteiger partial charge is 0.451 e. The molecule has 0 radical (unpaired) electrons. The van der Waals surface area contributed by atoms with Gasteiger partial charge in [0.15, 0.2) is 6.61 Å². The van der Waals surface area contributed by atoms with Gasteiger partial charge >= 0.3 is 5.97 Å². The number of hydrogen-bond acceptors (Lipinski definition) is 4. The lowest BCUT2D eigenvalue weighted by atomic mass is 10.1. The van der Waals surface area contributed by atoms with E-state index in [1.807, 2.05) is 6.07 Å². The number of hydrogen-bond donors (Lipinski definition) is 1. The Bertz CT molecular complexity index is 782. The van der Waals surface area contributed by atoms with Crippen molar-refractivity contribution in [2.24, 2.45) is 0 Å². The Morgan fingerprint density at radius 2 is 2.00 bits per heavy atom. The van der Waals surface area contributed by atoms with Gasteiger partial charge in [-0.3, -0.25) is 4.79 Å². The molecule has 2 aromatic rings. The standard InChI is InChI=1S/C18H17ClFNO3S/c19-12-6-7-13(20)14(9-12)21-17(22)10-24-18(23)16-8-11-4-2-1-3-5-15(11)25-16/h6-9H,1-5,10H2,(H,21,22). The molecule has 3 rings (SSSR count). The monoisotopic (exact) mass is 381 g/mol. The zero-order chi connectivity index (χ0) is 17.8. The highest BCUT2D eigenvalue weighted by molar-refractivity contribution is 7.14. The molecular formula is C18H17ClFNO3S. The maximum atomic E-state index is 13.6. The van der Waals surface area contributed by atoms with Crippen LogP contribution in [-0.4, -0.2) is 18.5 Å². The lowest BCUT2D eigenvalue weighted by molar-refractivity contribution is -0.119. The van der Waals surface area contributed by atoms with Crippen LogP contribution in [0.2, 0.25) is 5.02 Å². The highest BCUT2D eigenvalue weighted by atomic mass is 35.5. The second kappa shape index (κ2) is 7.97. The van der Waals surface area contributed by atoms with Gasteiger partial charge in [-0.05, 0) is 55.5 Å². The minimum Gasteiger partial charge on any atom is -0.451 e. The van der Waals surface area contributed by atoms with Crippen LogP contribution in [0.15, 0.2) is 24.3 Å². The Kier molecular flexibility index (Phi) is 5.71. The number of fused-ring (bicyclic) bond motifs is 1. The summed E-state index contributed by atoms with van der Waals surface area (Å²) < 4.78 is 18.6. The number of nitrogens with one attached hydrogen (secondary N) is 1. The molecule has 1 aliphatic carbocycles. The van der Waals surface area contributed by atoms with Crippen molar-refractivity contribution in [3.63, 3.8) is 0 Å². The number of benzene rings is 1. The van der Waals surface area contributed by atoms with Crippen LogP contribution in [0.4, 0.5) is 10.1 Å². The third-order valence-electron chi connectivity index (χ3n) is 3.98. The van der Waals surface area contributed by atoms with E-state index in [0.717, 1.165) is 31.7 Å². The number of esters is 1. The summed E-state index contributed by atoms with van der Waals surface area (Å²) in [5, 5.41) is 2.64. The number of amides is 1. The third-order valence-corrected chi connectivity index (χ3v) is 5.44. The second-order valence-corrected chi connectivity index (χ2v) is 7.44. The van der Waals surface area contributed by atoms with Crippen molar-refractivity contribution in [2.75, 3.05) is 11.9 Å². The Hall–Kier alpha value is -1.92. The summed E-state index contributed by atoms with van der Waals surface area (Å²) in [4.78, 5) is 25.7. The van der Waals surface area contributed by atoms with Gasteiger partial charge in [0.2, 0.25) is 0 Å². The van der Waals surface area contributed by atoms with Crippen LogP contribution in [0, 0.1) is 5.82 Å². The first-order valence-corrected chi connectivity index (χ1v) is 9.26. The molecule has 0 unspecified atom stereocenters. The molecule has 0 aliphatic heterocycles. The van der Waals surface area contributed by atoms with Crippen molar-refractivity contribution in [3.8, 4) is 0 Å². The van der Waals surface area contributed by atoms with Gasteiger partial charge in [-0.2, -0.15) is 0 Å². The molecule has 0 atom stereocenters. The molecular weight excluding hydrogens is 365 g/mol. The van der Waals surface area contributed by atoms with Gasteiger partial charge in [0.05, 0.1) is 5.69 Å². The molecule has 1 aromatic heterocycles. The Balaban J connectivity index is 1.57. The second-order valence-electron chi connectivity index (χ2n) is 5.87. The third kappa shape index (κ3) is 4.58. The zero-order valence-electron chi connectivity index (χ0n) is 13.4. The number of halogens is 2. The van der Waals surface area contributed by atoms with Gasteiger partial charge in [-0.15, -0.1) is 11.3 Å². The summed E-state index contributed by atoms with van der Waals surface area (Å²) in [7, 11) is 0. The SMILES string of the molecule is O=C(COC(=O)c1cc2c(s1)CCCCC2)Nc1cc(Cl)ccc1F. The molecule has 25 heavy (non-hydrogen) atoms. The van der Waals surface area contributed by atoms with E-state index in [-0.39, 0.29) is 5.69 Å². The van der Waals surface area contributed by atoms with Gasteiger partial charge in [-0.25, -0.2) is 9.18 Å². The quantitative estimate of drug-likeness (QED) is 0.621. The van der Waals surface area contributed by atoms with E-state index in [1.54, 1.807) is 0 Å². The van der Waals surface area contributed by atoms with Gasteiger partial charge in [0.25, 0.3) is 5.91 Å². The maximum absolute atomic E-state index is 13.6. The number of anilines is 1. The van der Waals surface area contributed by atoms with E-state index < -0.39 is 24.3 Å². The van der Waals surface area contributed by atoms with Gasteiger partial charge in [-0.1, -0.05) is 18.0 Å². The average Bonchev–Trinajstić information content (AvgIpc) is 2.87. The highest BCUT2D eigenvalue weighted by Crippen LogP contribution is 2.29.